The van der Waals surface area contributed by atoms with Gasteiger partial charge < -0.3 is 10.2 Å². The van der Waals surface area contributed by atoms with Gasteiger partial charge in [0.2, 0.25) is 0 Å². The molecule has 0 fully saturated rings. The third-order valence-corrected chi connectivity index (χ3v) is 3.57. The molecule has 0 aliphatic rings. The van der Waals surface area contributed by atoms with E-state index in [1.807, 2.05) is 11.8 Å². The second-order valence-electron chi connectivity index (χ2n) is 4.80. The summed E-state index contributed by atoms with van der Waals surface area (Å²) in [5.74, 6) is 1.14. The summed E-state index contributed by atoms with van der Waals surface area (Å²) >= 11 is 1.95. The highest BCUT2D eigenvalue weighted by molar-refractivity contribution is 7.99. The fourth-order valence-electron chi connectivity index (χ4n) is 1.44. The minimum atomic E-state index is 0.537. The molecule has 0 aliphatic heterocycles. The molecule has 0 spiro atoms. The Morgan fingerprint density at radius 1 is 1.24 bits per heavy atom. The van der Waals surface area contributed by atoms with Gasteiger partial charge in [0, 0.05) is 29.8 Å². The van der Waals surface area contributed by atoms with Gasteiger partial charge in [-0.15, -0.1) is 11.8 Å². The van der Waals surface area contributed by atoms with Crippen LogP contribution in [0, 0.1) is 0 Å². The highest BCUT2D eigenvalue weighted by Crippen LogP contribution is 2.22. The lowest BCUT2D eigenvalue weighted by Crippen LogP contribution is -2.22. The summed E-state index contributed by atoms with van der Waals surface area (Å²) in [6, 6.07) is 9.21. The summed E-state index contributed by atoms with van der Waals surface area (Å²) in [6.45, 7) is 6.45. The van der Waals surface area contributed by atoms with Gasteiger partial charge in [0.25, 0.3) is 0 Å². The zero-order valence-electron chi connectivity index (χ0n) is 11.4. The van der Waals surface area contributed by atoms with Crippen molar-refractivity contribution in [2.24, 2.45) is 0 Å². The molecule has 1 aromatic carbocycles. The zero-order chi connectivity index (χ0) is 12.7. The van der Waals surface area contributed by atoms with Crippen LogP contribution in [0.2, 0.25) is 0 Å². The van der Waals surface area contributed by atoms with Crippen LogP contribution in [-0.4, -0.2) is 37.3 Å². The van der Waals surface area contributed by atoms with E-state index in [-0.39, 0.29) is 0 Å². The van der Waals surface area contributed by atoms with Gasteiger partial charge in [-0.05, 0) is 25.7 Å². The van der Waals surface area contributed by atoms with Crippen molar-refractivity contribution in [1.29, 1.82) is 0 Å². The molecule has 0 radical (unpaired) electrons. The smallest absolute Gasteiger partial charge is 0.0218 e. The van der Waals surface area contributed by atoms with Crippen LogP contribution in [0.1, 0.15) is 19.4 Å². The molecule has 0 heterocycles. The molecule has 0 saturated heterocycles. The Balaban J connectivity index is 2.51. The Morgan fingerprint density at radius 3 is 2.59 bits per heavy atom. The van der Waals surface area contributed by atoms with Crippen LogP contribution in [0.15, 0.2) is 29.2 Å². The molecular weight excluding hydrogens is 228 g/mol. The Bertz CT molecular complexity index is 324. The molecule has 1 N–H and O–H groups in total. The molecule has 0 aliphatic carbocycles. The van der Waals surface area contributed by atoms with Crippen LogP contribution in [0.5, 0.6) is 0 Å². The van der Waals surface area contributed by atoms with Crippen molar-refractivity contribution in [3.05, 3.63) is 29.8 Å². The summed E-state index contributed by atoms with van der Waals surface area (Å²) in [4.78, 5) is 3.63. The van der Waals surface area contributed by atoms with Gasteiger partial charge >= 0.3 is 0 Å². The number of benzene rings is 1. The third-order valence-electron chi connectivity index (χ3n) is 2.47. The van der Waals surface area contributed by atoms with Crippen molar-refractivity contribution in [3.63, 3.8) is 0 Å². The van der Waals surface area contributed by atoms with Gasteiger partial charge in [0.1, 0.15) is 0 Å². The van der Waals surface area contributed by atoms with E-state index in [1.165, 1.54) is 10.5 Å². The number of hydrogen-bond acceptors (Lipinski definition) is 3. The highest BCUT2D eigenvalue weighted by Gasteiger charge is 2.03. The van der Waals surface area contributed by atoms with Crippen LogP contribution in [-0.2, 0) is 6.54 Å². The highest BCUT2D eigenvalue weighted by atomic mass is 32.2. The fraction of sp³-hybridized carbons (Fsp3) is 0.571. The van der Waals surface area contributed by atoms with E-state index in [1.54, 1.807) is 0 Å². The van der Waals surface area contributed by atoms with Crippen molar-refractivity contribution in [2.75, 3.05) is 26.4 Å². The molecule has 0 bridgehead atoms. The predicted octanol–water partition coefficient (Wildman–Crippen LogP) is 2.84. The number of nitrogens with zero attached hydrogens (tertiary/aromatic N) is 1. The van der Waals surface area contributed by atoms with Crippen molar-refractivity contribution in [3.8, 4) is 0 Å². The maximum absolute atomic E-state index is 3.48. The van der Waals surface area contributed by atoms with Crippen molar-refractivity contribution in [2.45, 2.75) is 31.3 Å². The molecule has 3 heteroatoms. The van der Waals surface area contributed by atoms with E-state index < -0.39 is 0 Å². The summed E-state index contributed by atoms with van der Waals surface area (Å²) < 4.78 is 0. The first kappa shape index (κ1) is 14.6. The summed E-state index contributed by atoms with van der Waals surface area (Å²) in [5.41, 5.74) is 1.41. The van der Waals surface area contributed by atoms with Gasteiger partial charge in [-0.1, -0.05) is 32.0 Å². The number of rotatable bonds is 7. The second-order valence-corrected chi connectivity index (χ2v) is 5.93. The first-order valence-corrected chi connectivity index (χ1v) is 7.17. The lowest BCUT2D eigenvalue weighted by Gasteiger charge is -2.13. The van der Waals surface area contributed by atoms with Gasteiger partial charge in [-0.25, -0.2) is 0 Å². The van der Waals surface area contributed by atoms with Crippen LogP contribution < -0.4 is 5.32 Å². The van der Waals surface area contributed by atoms with Gasteiger partial charge in [0.05, 0.1) is 0 Å². The normalized spacial score (nSPS) is 11.4. The molecule has 17 heavy (non-hydrogen) atoms. The monoisotopic (exact) mass is 252 g/mol. The standard InChI is InChI=1S/C14H24N2S/c1-12(2)15-11-13-7-5-6-8-14(13)17-10-9-16(3)4/h5-8,12,15H,9-11H2,1-4H3. The molecule has 0 saturated carbocycles. The SMILES string of the molecule is CC(C)NCc1ccccc1SCCN(C)C. The average Bonchev–Trinajstić information content (AvgIpc) is 2.27. The zero-order valence-corrected chi connectivity index (χ0v) is 12.2. The molecule has 0 aromatic heterocycles. The average molecular weight is 252 g/mol. The molecule has 1 aromatic rings. The van der Waals surface area contributed by atoms with Crippen LogP contribution >= 0.6 is 11.8 Å². The minimum Gasteiger partial charge on any atom is -0.310 e. The molecular formula is C14H24N2S. The van der Waals surface area contributed by atoms with Crippen molar-refractivity contribution < 1.29 is 0 Å². The van der Waals surface area contributed by atoms with Crippen LogP contribution in [0.3, 0.4) is 0 Å². The van der Waals surface area contributed by atoms with Crippen LogP contribution in [0.25, 0.3) is 0 Å². The first-order valence-electron chi connectivity index (χ1n) is 6.18. The maximum Gasteiger partial charge on any atom is 0.0218 e. The van der Waals surface area contributed by atoms with Crippen molar-refractivity contribution in [1.82, 2.24) is 10.2 Å². The van der Waals surface area contributed by atoms with E-state index in [0.29, 0.717) is 6.04 Å². The lowest BCUT2D eigenvalue weighted by atomic mass is 10.2. The first-order chi connectivity index (χ1) is 8.09. The summed E-state index contributed by atoms with van der Waals surface area (Å²) in [6.07, 6.45) is 0. The van der Waals surface area contributed by atoms with Gasteiger partial charge in [0.15, 0.2) is 0 Å². The van der Waals surface area contributed by atoms with E-state index in [2.05, 4.69) is 62.4 Å². The topological polar surface area (TPSA) is 15.3 Å². The van der Waals surface area contributed by atoms with E-state index in [4.69, 9.17) is 0 Å². The Labute approximate surface area is 110 Å². The van der Waals surface area contributed by atoms with Gasteiger partial charge in [-0.3, -0.25) is 0 Å². The van der Waals surface area contributed by atoms with E-state index >= 15 is 0 Å². The van der Waals surface area contributed by atoms with Crippen LogP contribution in [0.4, 0.5) is 0 Å². The van der Waals surface area contributed by atoms with E-state index in [0.717, 1.165) is 18.8 Å². The summed E-state index contributed by atoms with van der Waals surface area (Å²) in [5, 5.41) is 3.48. The molecule has 2 nitrogen and oxygen atoms in total. The summed E-state index contributed by atoms with van der Waals surface area (Å²) in [7, 11) is 4.24. The number of thioether (sulfide) groups is 1. The predicted molar refractivity (Wildman–Crippen MR) is 77.7 cm³/mol. The lowest BCUT2D eigenvalue weighted by molar-refractivity contribution is 0.437. The third kappa shape index (κ3) is 6.10. The quantitative estimate of drug-likeness (QED) is 0.751. The Hall–Kier alpha value is -0.510. The molecule has 0 atom stereocenters. The van der Waals surface area contributed by atoms with Crippen molar-refractivity contribution >= 4 is 11.8 Å². The number of nitrogens with one attached hydrogen (secondary N) is 1. The second kappa shape index (κ2) is 7.75. The number of hydrogen-bond donors (Lipinski definition) is 1. The van der Waals surface area contributed by atoms with E-state index in [9.17, 15) is 0 Å². The molecule has 96 valence electrons. The fourth-order valence-corrected chi connectivity index (χ4v) is 2.62. The molecule has 0 amide bonds. The van der Waals surface area contributed by atoms with Gasteiger partial charge in [-0.2, -0.15) is 0 Å². The largest absolute Gasteiger partial charge is 0.310 e. The Kier molecular flexibility index (Phi) is 6.63. The Morgan fingerprint density at radius 2 is 1.94 bits per heavy atom. The maximum atomic E-state index is 3.48. The minimum absolute atomic E-state index is 0.537. The molecule has 0 unspecified atom stereocenters. The molecule has 1 rings (SSSR count).